The van der Waals surface area contributed by atoms with Crippen LogP contribution in [0.25, 0.3) is 10.8 Å². The Balaban J connectivity index is 2.22. The van der Waals surface area contributed by atoms with Gasteiger partial charge in [0.15, 0.2) is 0 Å². The first-order valence-electron chi connectivity index (χ1n) is 6.61. The number of hydrogen-bond acceptors (Lipinski definition) is 5. The van der Waals surface area contributed by atoms with Crippen LogP contribution in [0.5, 0.6) is 5.75 Å². The quantitative estimate of drug-likeness (QED) is 0.636. The minimum absolute atomic E-state index is 0.370. The third-order valence-corrected chi connectivity index (χ3v) is 3.69. The highest BCUT2D eigenvalue weighted by Gasteiger charge is 2.34. The van der Waals surface area contributed by atoms with Crippen LogP contribution in [0.3, 0.4) is 0 Å². The summed E-state index contributed by atoms with van der Waals surface area (Å²) in [5, 5.41) is 1.25. The fourth-order valence-electron chi connectivity index (χ4n) is 2.63. The maximum atomic E-state index is 12.5. The third kappa shape index (κ3) is 1.92. The number of benzene rings is 2. The number of imide groups is 1. The number of ether oxygens (including phenoxy) is 2. The molecule has 3 rings (SSSR count). The minimum Gasteiger partial charge on any atom is -0.496 e. The van der Waals surface area contributed by atoms with Crippen molar-refractivity contribution in [1.82, 2.24) is 4.90 Å². The number of esters is 1. The molecule has 6 heteroatoms. The van der Waals surface area contributed by atoms with E-state index in [0.29, 0.717) is 27.6 Å². The predicted molar refractivity (Wildman–Crippen MR) is 77.9 cm³/mol. The summed E-state index contributed by atoms with van der Waals surface area (Å²) >= 11 is 0. The van der Waals surface area contributed by atoms with Crippen molar-refractivity contribution in [3.8, 4) is 5.75 Å². The van der Waals surface area contributed by atoms with E-state index >= 15 is 0 Å². The minimum atomic E-state index is -0.647. The molecule has 0 saturated heterocycles. The van der Waals surface area contributed by atoms with Crippen molar-refractivity contribution in [3.63, 3.8) is 0 Å². The summed E-state index contributed by atoms with van der Waals surface area (Å²) in [5.74, 6) is -1.09. The zero-order valence-electron chi connectivity index (χ0n) is 12.1. The molecule has 2 amide bonds. The highest BCUT2D eigenvalue weighted by molar-refractivity contribution is 6.26. The number of amides is 2. The monoisotopic (exact) mass is 299 g/mol. The first-order chi connectivity index (χ1) is 10.6. The third-order valence-electron chi connectivity index (χ3n) is 3.69. The average Bonchev–Trinajstić information content (AvgIpc) is 2.55. The van der Waals surface area contributed by atoms with Crippen molar-refractivity contribution in [1.29, 1.82) is 0 Å². The molecule has 0 aliphatic carbocycles. The smallest absolute Gasteiger partial charge is 0.325 e. The van der Waals surface area contributed by atoms with Crippen molar-refractivity contribution in [2.24, 2.45) is 0 Å². The van der Waals surface area contributed by atoms with E-state index in [2.05, 4.69) is 4.74 Å². The summed E-state index contributed by atoms with van der Waals surface area (Å²) < 4.78 is 9.82. The van der Waals surface area contributed by atoms with Gasteiger partial charge in [-0.05, 0) is 18.2 Å². The van der Waals surface area contributed by atoms with E-state index in [9.17, 15) is 14.4 Å². The molecular weight excluding hydrogens is 286 g/mol. The number of carbonyl (C=O) groups excluding carboxylic acids is 3. The largest absolute Gasteiger partial charge is 0.496 e. The molecule has 0 radical (unpaired) electrons. The van der Waals surface area contributed by atoms with Crippen molar-refractivity contribution >= 4 is 28.6 Å². The maximum absolute atomic E-state index is 12.5. The van der Waals surface area contributed by atoms with Gasteiger partial charge < -0.3 is 9.47 Å². The van der Waals surface area contributed by atoms with E-state index in [4.69, 9.17) is 4.74 Å². The standard InChI is InChI=1S/C16H13NO5/c1-21-12-7-6-11-14-9(12)4-3-5-10(14)15(19)17(16(11)20)8-13(18)22-2/h3-7H,8H2,1-2H3. The van der Waals surface area contributed by atoms with Crippen LogP contribution in [-0.4, -0.2) is 43.4 Å². The van der Waals surface area contributed by atoms with Gasteiger partial charge in [-0.25, -0.2) is 0 Å². The Morgan fingerprint density at radius 1 is 1.05 bits per heavy atom. The molecule has 0 fully saturated rings. The first kappa shape index (κ1) is 14.1. The van der Waals surface area contributed by atoms with Gasteiger partial charge in [-0.3, -0.25) is 19.3 Å². The summed E-state index contributed by atoms with van der Waals surface area (Å²) in [7, 11) is 2.74. The van der Waals surface area contributed by atoms with E-state index in [-0.39, 0.29) is 0 Å². The average molecular weight is 299 g/mol. The Kier molecular flexibility index (Phi) is 3.29. The summed E-state index contributed by atoms with van der Waals surface area (Å²) in [6.07, 6.45) is 0. The van der Waals surface area contributed by atoms with Crippen molar-refractivity contribution in [2.75, 3.05) is 20.8 Å². The molecule has 1 aliphatic rings. The van der Waals surface area contributed by atoms with Crippen LogP contribution < -0.4 is 4.74 Å². The Morgan fingerprint density at radius 2 is 1.73 bits per heavy atom. The van der Waals surface area contributed by atoms with E-state index in [1.165, 1.54) is 14.2 Å². The van der Waals surface area contributed by atoms with Gasteiger partial charge in [-0.15, -0.1) is 0 Å². The zero-order valence-corrected chi connectivity index (χ0v) is 12.1. The Hall–Kier alpha value is -2.89. The highest BCUT2D eigenvalue weighted by atomic mass is 16.5. The lowest BCUT2D eigenvalue weighted by Gasteiger charge is -2.26. The summed E-state index contributed by atoms with van der Waals surface area (Å²) in [4.78, 5) is 37.4. The fraction of sp³-hybridized carbons (Fsp3) is 0.188. The second-order valence-electron chi connectivity index (χ2n) is 4.82. The topological polar surface area (TPSA) is 72.9 Å². The molecule has 0 bridgehead atoms. The highest BCUT2D eigenvalue weighted by Crippen LogP contribution is 2.35. The van der Waals surface area contributed by atoms with Crippen molar-refractivity contribution in [3.05, 3.63) is 41.5 Å². The van der Waals surface area contributed by atoms with Crippen LogP contribution in [0.2, 0.25) is 0 Å². The Morgan fingerprint density at radius 3 is 2.36 bits per heavy atom. The fourth-order valence-corrected chi connectivity index (χ4v) is 2.63. The molecule has 22 heavy (non-hydrogen) atoms. The van der Waals surface area contributed by atoms with Gasteiger partial charge in [0.2, 0.25) is 0 Å². The summed E-state index contributed by atoms with van der Waals surface area (Å²) in [6, 6.07) is 8.41. The SMILES string of the molecule is COC(=O)CN1C(=O)c2cccc3c(OC)ccc(c23)C1=O. The van der Waals surface area contributed by atoms with Crippen molar-refractivity contribution in [2.45, 2.75) is 0 Å². The van der Waals surface area contributed by atoms with E-state index in [1.807, 2.05) is 0 Å². The number of nitrogens with zero attached hydrogens (tertiary/aromatic N) is 1. The second-order valence-corrected chi connectivity index (χ2v) is 4.82. The lowest BCUT2D eigenvalue weighted by molar-refractivity contribution is -0.140. The molecule has 2 aromatic carbocycles. The van der Waals surface area contributed by atoms with Crippen LogP contribution in [0.15, 0.2) is 30.3 Å². The first-order valence-corrected chi connectivity index (χ1v) is 6.61. The predicted octanol–water partition coefficient (Wildman–Crippen LogP) is 1.62. The zero-order chi connectivity index (χ0) is 15.9. The molecule has 0 atom stereocenters. The van der Waals surface area contributed by atoms with Gasteiger partial charge in [0.1, 0.15) is 12.3 Å². The van der Waals surface area contributed by atoms with Gasteiger partial charge in [0.05, 0.1) is 14.2 Å². The van der Waals surface area contributed by atoms with Gasteiger partial charge in [0, 0.05) is 21.9 Å². The van der Waals surface area contributed by atoms with Gasteiger partial charge >= 0.3 is 5.97 Å². The molecule has 0 spiro atoms. The number of carbonyl (C=O) groups is 3. The van der Waals surface area contributed by atoms with Crippen LogP contribution in [0, 0.1) is 0 Å². The molecule has 0 saturated carbocycles. The summed E-state index contributed by atoms with van der Waals surface area (Å²) in [5.41, 5.74) is 0.741. The number of methoxy groups -OCH3 is 2. The van der Waals surface area contributed by atoms with Gasteiger partial charge in [-0.1, -0.05) is 12.1 Å². The molecule has 112 valence electrons. The van der Waals surface area contributed by atoms with Gasteiger partial charge in [0.25, 0.3) is 11.8 Å². The van der Waals surface area contributed by atoms with Crippen LogP contribution in [-0.2, 0) is 9.53 Å². The Labute approximate surface area is 126 Å². The molecule has 6 nitrogen and oxygen atoms in total. The molecule has 1 aliphatic heterocycles. The van der Waals surface area contributed by atoms with E-state index < -0.39 is 24.3 Å². The summed E-state index contributed by atoms with van der Waals surface area (Å²) in [6.45, 7) is -0.407. The van der Waals surface area contributed by atoms with E-state index in [1.54, 1.807) is 30.3 Å². The molecule has 0 N–H and O–H groups in total. The number of hydrogen-bond donors (Lipinski definition) is 0. The molecule has 1 heterocycles. The normalized spacial score (nSPS) is 13.5. The van der Waals surface area contributed by atoms with Crippen LogP contribution in [0.4, 0.5) is 0 Å². The second kappa shape index (κ2) is 5.14. The molecule has 0 aromatic heterocycles. The lowest BCUT2D eigenvalue weighted by atomic mass is 9.93. The molecule has 2 aromatic rings. The van der Waals surface area contributed by atoms with E-state index in [0.717, 1.165) is 4.90 Å². The van der Waals surface area contributed by atoms with Gasteiger partial charge in [-0.2, -0.15) is 0 Å². The lowest BCUT2D eigenvalue weighted by Crippen LogP contribution is -2.43. The van der Waals surface area contributed by atoms with Crippen molar-refractivity contribution < 1.29 is 23.9 Å². The maximum Gasteiger partial charge on any atom is 0.325 e. The number of rotatable bonds is 3. The van der Waals surface area contributed by atoms with Crippen LogP contribution in [0.1, 0.15) is 20.7 Å². The molecule has 0 unspecified atom stereocenters. The Bertz CT molecular complexity index is 789. The van der Waals surface area contributed by atoms with Crippen LogP contribution >= 0.6 is 0 Å². The molecular formula is C16H13NO5.